The second-order valence-electron chi connectivity index (χ2n) is 5.87. The number of hydrogen-bond donors (Lipinski definition) is 1. The van der Waals surface area contributed by atoms with Crippen LogP contribution in [0, 0.1) is 5.41 Å². The summed E-state index contributed by atoms with van der Waals surface area (Å²) in [5.41, 5.74) is 0.690. The lowest BCUT2D eigenvalue weighted by Crippen LogP contribution is -2.26. The molecule has 1 aromatic rings. The average Bonchev–Trinajstić information content (AvgIpc) is 2.50. The van der Waals surface area contributed by atoms with Crippen molar-refractivity contribution in [2.75, 3.05) is 0 Å². The number of rotatable bonds is 3. The van der Waals surface area contributed by atoms with Crippen LogP contribution in [0.5, 0.6) is 0 Å². The number of carboxylic acids is 1. The van der Waals surface area contributed by atoms with Gasteiger partial charge in [0.15, 0.2) is 9.84 Å². The molecular formula is C14H18O4S. The second-order valence-corrected chi connectivity index (χ2v) is 8.20. The normalized spacial score (nSPS) is 21.1. The Balaban J connectivity index is 2.39. The molecule has 0 aliphatic carbocycles. The molecule has 1 unspecified atom stereocenters. The highest BCUT2D eigenvalue weighted by atomic mass is 32.2. The molecule has 0 bridgehead atoms. The van der Waals surface area contributed by atoms with Crippen molar-refractivity contribution in [2.24, 2.45) is 5.41 Å². The zero-order chi connectivity index (χ0) is 14.4. The molecule has 5 heteroatoms. The summed E-state index contributed by atoms with van der Waals surface area (Å²) in [4.78, 5) is 11.5. The predicted octanol–water partition coefficient (Wildman–Crippen LogP) is 2.06. The Morgan fingerprint density at radius 3 is 2.63 bits per heavy atom. The van der Waals surface area contributed by atoms with Gasteiger partial charge in [0.25, 0.3) is 0 Å². The molecular weight excluding hydrogens is 264 g/mol. The Morgan fingerprint density at radius 2 is 2.05 bits per heavy atom. The van der Waals surface area contributed by atoms with E-state index >= 15 is 0 Å². The predicted molar refractivity (Wildman–Crippen MR) is 71.9 cm³/mol. The van der Waals surface area contributed by atoms with Gasteiger partial charge in [-0.15, -0.1) is 0 Å². The summed E-state index contributed by atoms with van der Waals surface area (Å²) in [6.07, 6.45) is 0.861. The van der Waals surface area contributed by atoms with Crippen LogP contribution in [0.25, 0.3) is 0 Å². The second kappa shape index (κ2) is 4.34. The van der Waals surface area contributed by atoms with Gasteiger partial charge in [-0.2, -0.15) is 0 Å². The van der Waals surface area contributed by atoms with E-state index in [2.05, 4.69) is 0 Å². The molecule has 0 fully saturated rings. The Labute approximate surface area is 113 Å². The standard InChI is InChI=1S/C14H18O4S/c1-9-6-11-5-4-10(7-12(11)19(9,17)18)8-14(2,3)13(15)16/h4-5,7,9H,6,8H2,1-3H3,(H,15,16). The van der Waals surface area contributed by atoms with Crippen molar-refractivity contribution in [3.05, 3.63) is 29.3 Å². The molecule has 0 radical (unpaired) electrons. The number of carbonyl (C=O) groups is 1. The molecule has 0 saturated carbocycles. The number of benzene rings is 1. The van der Waals surface area contributed by atoms with Gasteiger partial charge in [0, 0.05) is 0 Å². The van der Waals surface area contributed by atoms with Crippen LogP contribution in [0.4, 0.5) is 0 Å². The molecule has 2 rings (SSSR count). The fraction of sp³-hybridized carbons (Fsp3) is 0.500. The molecule has 0 amide bonds. The molecule has 1 aliphatic heterocycles. The molecule has 19 heavy (non-hydrogen) atoms. The van der Waals surface area contributed by atoms with Gasteiger partial charge >= 0.3 is 5.97 Å². The van der Waals surface area contributed by atoms with E-state index in [0.717, 1.165) is 11.1 Å². The van der Waals surface area contributed by atoms with Crippen LogP contribution in [0.2, 0.25) is 0 Å². The van der Waals surface area contributed by atoms with E-state index in [-0.39, 0.29) is 5.25 Å². The van der Waals surface area contributed by atoms with Crippen molar-refractivity contribution in [1.29, 1.82) is 0 Å². The van der Waals surface area contributed by atoms with E-state index in [1.807, 2.05) is 12.1 Å². The van der Waals surface area contributed by atoms with Crippen molar-refractivity contribution in [1.82, 2.24) is 0 Å². The van der Waals surface area contributed by atoms with Crippen molar-refractivity contribution in [3.8, 4) is 0 Å². The number of sulfone groups is 1. The van der Waals surface area contributed by atoms with Crippen LogP contribution in [0.1, 0.15) is 31.9 Å². The molecule has 104 valence electrons. The van der Waals surface area contributed by atoms with Crippen molar-refractivity contribution >= 4 is 15.8 Å². The fourth-order valence-corrected chi connectivity index (χ4v) is 4.03. The third kappa shape index (κ3) is 2.39. The van der Waals surface area contributed by atoms with Crippen LogP contribution in [-0.4, -0.2) is 24.7 Å². The van der Waals surface area contributed by atoms with E-state index < -0.39 is 21.2 Å². The van der Waals surface area contributed by atoms with Gasteiger partial charge in [-0.25, -0.2) is 8.42 Å². The van der Waals surface area contributed by atoms with E-state index in [1.165, 1.54) is 0 Å². The van der Waals surface area contributed by atoms with Gasteiger partial charge in [0.2, 0.25) is 0 Å². The first kappa shape index (κ1) is 14.1. The van der Waals surface area contributed by atoms with Gasteiger partial charge in [0.1, 0.15) is 0 Å². The minimum atomic E-state index is -3.23. The third-order valence-electron chi connectivity index (χ3n) is 3.70. The van der Waals surface area contributed by atoms with E-state index in [0.29, 0.717) is 17.7 Å². The van der Waals surface area contributed by atoms with Crippen LogP contribution in [0.3, 0.4) is 0 Å². The Morgan fingerprint density at radius 1 is 1.42 bits per heavy atom. The summed E-state index contributed by atoms with van der Waals surface area (Å²) in [5.74, 6) is -0.885. The first-order chi connectivity index (χ1) is 8.64. The molecule has 1 aliphatic rings. The first-order valence-electron chi connectivity index (χ1n) is 6.24. The molecule has 1 N–H and O–H groups in total. The number of carboxylic acid groups (broad SMARTS) is 1. The molecule has 0 saturated heterocycles. The Bertz CT molecular complexity index is 629. The number of hydrogen-bond acceptors (Lipinski definition) is 3. The summed E-state index contributed by atoms with van der Waals surface area (Å²) < 4.78 is 24.2. The zero-order valence-corrected chi connectivity index (χ0v) is 12.1. The highest BCUT2D eigenvalue weighted by Gasteiger charge is 2.34. The lowest BCUT2D eigenvalue weighted by Gasteiger charge is -2.19. The maximum Gasteiger partial charge on any atom is 0.309 e. The largest absolute Gasteiger partial charge is 0.481 e. The van der Waals surface area contributed by atoms with Gasteiger partial charge in [-0.05, 0) is 50.8 Å². The molecule has 4 nitrogen and oxygen atoms in total. The quantitative estimate of drug-likeness (QED) is 0.921. The van der Waals surface area contributed by atoms with E-state index in [1.54, 1.807) is 26.8 Å². The minimum absolute atomic E-state index is 0.319. The van der Waals surface area contributed by atoms with Gasteiger partial charge < -0.3 is 5.11 Å². The number of fused-ring (bicyclic) bond motifs is 1. The molecule has 1 aromatic carbocycles. The summed E-state index contributed by atoms with van der Waals surface area (Å²) in [6, 6.07) is 5.28. The Kier molecular flexibility index (Phi) is 3.21. The van der Waals surface area contributed by atoms with Crippen molar-refractivity contribution in [3.63, 3.8) is 0 Å². The van der Waals surface area contributed by atoms with Crippen molar-refractivity contribution in [2.45, 2.75) is 43.8 Å². The molecule has 0 spiro atoms. The maximum atomic E-state index is 12.1. The average molecular weight is 282 g/mol. The molecule has 1 atom stereocenters. The smallest absolute Gasteiger partial charge is 0.309 e. The highest BCUT2D eigenvalue weighted by Crippen LogP contribution is 2.33. The zero-order valence-electron chi connectivity index (χ0n) is 11.3. The first-order valence-corrected chi connectivity index (χ1v) is 7.78. The van der Waals surface area contributed by atoms with Gasteiger partial charge in [-0.1, -0.05) is 12.1 Å². The lowest BCUT2D eigenvalue weighted by molar-refractivity contribution is -0.146. The summed E-state index contributed by atoms with van der Waals surface area (Å²) >= 11 is 0. The van der Waals surface area contributed by atoms with Gasteiger partial charge in [0.05, 0.1) is 15.6 Å². The summed E-state index contributed by atoms with van der Waals surface area (Å²) in [6.45, 7) is 4.98. The third-order valence-corrected chi connectivity index (χ3v) is 5.92. The highest BCUT2D eigenvalue weighted by molar-refractivity contribution is 7.92. The maximum absolute atomic E-state index is 12.1. The van der Waals surface area contributed by atoms with Crippen LogP contribution in [-0.2, 0) is 27.5 Å². The van der Waals surface area contributed by atoms with Crippen LogP contribution < -0.4 is 0 Å². The molecule has 0 aromatic heterocycles. The topological polar surface area (TPSA) is 71.4 Å². The number of aliphatic carboxylic acids is 1. The van der Waals surface area contributed by atoms with Crippen LogP contribution in [0.15, 0.2) is 23.1 Å². The molecule has 1 heterocycles. The van der Waals surface area contributed by atoms with Crippen LogP contribution >= 0.6 is 0 Å². The summed E-state index contributed by atoms with van der Waals surface area (Å²) in [7, 11) is -3.23. The SMILES string of the molecule is CC1Cc2ccc(CC(C)(C)C(=O)O)cc2S1(=O)=O. The van der Waals surface area contributed by atoms with Gasteiger partial charge in [-0.3, -0.25) is 4.79 Å². The Hall–Kier alpha value is -1.36. The summed E-state index contributed by atoms with van der Waals surface area (Å²) in [5, 5.41) is 8.74. The monoisotopic (exact) mass is 282 g/mol. The minimum Gasteiger partial charge on any atom is -0.481 e. The van der Waals surface area contributed by atoms with Crippen molar-refractivity contribution < 1.29 is 18.3 Å². The van der Waals surface area contributed by atoms with E-state index in [9.17, 15) is 13.2 Å². The van der Waals surface area contributed by atoms with E-state index in [4.69, 9.17) is 5.11 Å². The fourth-order valence-electron chi connectivity index (χ4n) is 2.36. The lowest BCUT2D eigenvalue weighted by atomic mass is 9.85.